The molecule has 0 aliphatic carbocycles. The van der Waals surface area contributed by atoms with Crippen LogP contribution in [0.3, 0.4) is 0 Å². The Bertz CT molecular complexity index is 1100. The molecule has 1 unspecified atom stereocenters. The number of anilines is 2. The van der Waals surface area contributed by atoms with Gasteiger partial charge in [0.1, 0.15) is 0 Å². The number of thioether (sulfide) groups is 1. The van der Waals surface area contributed by atoms with Crippen molar-refractivity contribution in [3.63, 3.8) is 0 Å². The Kier molecular flexibility index (Phi) is 6.32. The van der Waals surface area contributed by atoms with Gasteiger partial charge in [-0.05, 0) is 36.2 Å². The lowest BCUT2D eigenvalue weighted by Crippen LogP contribution is -2.52. The van der Waals surface area contributed by atoms with Crippen LogP contribution in [0.1, 0.15) is 12.0 Å². The maximum atomic E-state index is 12.9. The minimum absolute atomic E-state index is 0.0282. The van der Waals surface area contributed by atoms with Crippen LogP contribution in [0, 0.1) is 0 Å². The number of nitrogens with zero attached hydrogens (tertiary/aromatic N) is 3. The van der Waals surface area contributed by atoms with Crippen molar-refractivity contribution >= 4 is 52.5 Å². The fourth-order valence-corrected chi connectivity index (χ4v) is 5.83. The minimum Gasteiger partial charge on any atom is -0.340 e. The highest BCUT2D eigenvalue weighted by Gasteiger charge is 2.32. The molecule has 3 aliphatic rings. The Hall–Kier alpha value is -2.55. The van der Waals surface area contributed by atoms with E-state index in [1.165, 1.54) is 17.3 Å². The zero-order valence-electron chi connectivity index (χ0n) is 18.1. The summed E-state index contributed by atoms with van der Waals surface area (Å²) >= 11 is 7.40. The van der Waals surface area contributed by atoms with Crippen molar-refractivity contribution in [2.75, 3.05) is 49.5 Å². The van der Waals surface area contributed by atoms with Crippen molar-refractivity contribution in [1.82, 2.24) is 9.80 Å². The summed E-state index contributed by atoms with van der Waals surface area (Å²) in [4.78, 5) is 44.9. The highest BCUT2D eigenvalue weighted by atomic mass is 35.5. The summed E-state index contributed by atoms with van der Waals surface area (Å²) in [5, 5.41) is 2.96. The molecule has 3 amide bonds. The van der Waals surface area contributed by atoms with E-state index in [1.54, 1.807) is 17.0 Å². The zero-order valence-corrected chi connectivity index (χ0v) is 19.7. The molecule has 2 aromatic carbocycles. The van der Waals surface area contributed by atoms with Crippen LogP contribution in [0.25, 0.3) is 0 Å². The normalized spacial score (nSPS) is 20.3. The number of fused-ring (bicyclic) bond motifs is 2. The number of rotatable bonds is 4. The van der Waals surface area contributed by atoms with E-state index < -0.39 is 5.25 Å². The van der Waals surface area contributed by atoms with Crippen LogP contribution in [0.4, 0.5) is 11.4 Å². The van der Waals surface area contributed by atoms with E-state index in [0.717, 1.165) is 23.5 Å². The van der Waals surface area contributed by atoms with E-state index in [4.69, 9.17) is 11.6 Å². The lowest BCUT2D eigenvalue weighted by Gasteiger charge is -2.35. The van der Waals surface area contributed by atoms with Crippen LogP contribution in [-0.4, -0.2) is 72.0 Å². The number of hydrogen-bond acceptors (Lipinski definition) is 5. The lowest BCUT2D eigenvalue weighted by atomic mass is 10.2. The number of hydrogen-bond donors (Lipinski definition) is 1. The molecule has 1 fully saturated rings. The van der Waals surface area contributed by atoms with Crippen LogP contribution < -0.4 is 10.2 Å². The van der Waals surface area contributed by atoms with Gasteiger partial charge in [-0.3, -0.25) is 19.3 Å². The predicted molar refractivity (Wildman–Crippen MR) is 130 cm³/mol. The molecule has 0 bridgehead atoms. The smallest absolute Gasteiger partial charge is 0.241 e. The Balaban J connectivity index is 1.12. The third kappa shape index (κ3) is 4.74. The molecule has 5 rings (SSSR count). The maximum Gasteiger partial charge on any atom is 0.241 e. The van der Waals surface area contributed by atoms with Crippen molar-refractivity contribution in [3.05, 3.63) is 53.1 Å². The van der Waals surface area contributed by atoms with E-state index in [2.05, 4.69) is 16.3 Å². The highest BCUT2D eigenvalue weighted by molar-refractivity contribution is 8.01. The van der Waals surface area contributed by atoms with E-state index in [0.29, 0.717) is 43.4 Å². The molecule has 3 heterocycles. The summed E-state index contributed by atoms with van der Waals surface area (Å²) in [6.07, 6.45) is 1.05. The third-order valence-corrected chi connectivity index (χ3v) is 7.90. The molecule has 2 aromatic rings. The van der Waals surface area contributed by atoms with Gasteiger partial charge < -0.3 is 15.1 Å². The first-order valence-corrected chi connectivity index (χ1v) is 12.4. The first-order chi connectivity index (χ1) is 16.0. The molecule has 0 aromatic heterocycles. The summed E-state index contributed by atoms with van der Waals surface area (Å²) in [6, 6.07) is 13.4. The molecule has 1 saturated heterocycles. The third-order valence-electron chi connectivity index (χ3n) is 6.39. The topological polar surface area (TPSA) is 73.0 Å². The predicted octanol–water partition coefficient (Wildman–Crippen LogP) is 2.88. The maximum absolute atomic E-state index is 12.9. The number of benzene rings is 2. The molecule has 7 nitrogen and oxygen atoms in total. The van der Waals surface area contributed by atoms with Crippen molar-refractivity contribution in [1.29, 1.82) is 0 Å². The molecule has 9 heteroatoms. The van der Waals surface area contributed by atoms with Gasteiger partial charge in [0, 0.05) is 54.8 Å². The van der Waals surface area contributed by atoms with Crippen LogP contribution in [-0.2, 0) is 20.8 Å². The average molecular weight is 485 g/mol. The Morgan fingerprint density at radius 3 is 2.64 bits per heavy atom. The van der Waals surface area contributed by atoms with Crippen molar-refractivity contribution in [2.45, 2.75) is 23.0 Å². The number of amides is 3. The van der Waals surface area contributed by atoms with E-state index >= 15 is 0 Å². The number of halogens is 1. The monoisotopic (exact) mass is 484 g/mol. The lowest BCUT2D eigenvalue weighted by molar-refractivity contribution is -0.134. The molecule has 33 heavy (non-hydrogen) atoms. The van der Waals surface area contributed by atoms with E-state index in [-0.39, 0.29) is 24.1 Å². The summed E-state index contributed by atoms with van der Waals surface area (Å²) < 4.78 is 0. The van der Waals surface area contributed by atoms with Crippen LogP contribution in [0.15, 0.2) is 47.4 Å². The SMILES string of the molecule is O=C1Nc2cc(Cl)ccc2SC1CC(=O)N1CCN(CC(=O)N2CCc3ccccc32)CC1. The second-order valence-corrected chi connectivity index (χ2v) is 10.2. The molecule has 0 radical (unpaired) electrons. The molecule has 1 N–H and O–H groups in total. The number of carbonyl (C=O) groups excluding carboxylic acids is 3. The Morgan fingerprint density at radius 2 is 1.82 bits per heavy atom. The molecular weight excluding hydrogens is 460 g/mol. The number of piperazine rings is 1. The minimum atomic E-state index is -0.457. The first-order valence-electron chi connectivity index (χ1n) is 11.1. The van der Waals surface area contributed by atoms with Gasteiger partial charge in [0.25, 0.3) is 0 Å². The quantitative estimate of drug-likeness (QED) is 0.722. The van der Waals surface area contributed by atoms with Crippen molar-refractivity contribution in [3.8, 4) is 0 Å². The van der Waals surface area contributed by atoms with Gasteiger partial charge in [-0.15, -0.1) is 11.8 Å². The molecule has 0 spiro atoms. The van der Waals surface area contributed by atoms with Gasteiger partial charge in [0.15, 0.2) is 0 Å². The zero-order chi connectivity index (χ0) is 22.9. The summed E-state index contributed by atoms with van der Waals surface area (Å²) in [6.45, 7) is 3.52. The van der Waals surface area contributed by atoms with Crippen molar-refractivity contribution < 1.29 is 14.4 Å². The first kappa shape index (κ1) is 22.3. The Labute approximate surface area is 202 Å². The molecular formula is C24H25ClN4O3S. The average Bonchev–Trinajstić information content (AvgIpc) is 3.24. The molecule has 1 atom stereocenters. The fraction of sp³-hybridized carbons (Fsp3) is 0.375. The van der Waals surface area contributed by atoms with Gasteiger partial charge in [-0.2, -0.15) is 0 Å². The standard InChI is InChI=1S/C24H25ClN4O3S/c25-17-5-6-20-18(13-17)26-24(32)21(33-20)14-22(30)28-11-9-27(10-12-28)15-23(31)29-8-7-16-3-1-2-4-19(16)29/h1-6,13,21H,7-12,14-15H2,(H,26,32). The molecule has 172 valence electrons. The van der Waals surface area contributed by atoms with Crippen molar-refractivity contribution in [2.24, 2.45) is 0 Å². The van der Waals surface area contributed by atoms with Crippen LogP contribution in [0.5, 0.6) is 0 Å². The highest BCUT2D eigenvalue weighted by Crippen LogP contribution is 2.38. The summed E-state index contributed by atoms with van der Waals surface area (Å²) in [5.41, 5.74) is 2.93. The van der Waals surface area contributed by atoms with Crippen LogP contribution in [0.2, 0.25) is 5.02 Å². The van der Waals surface area contributed by atoms with Crippen LogP contribution >= 0.6 is 23.4 Å². The van der Waals surface area contributed by atoms with Gasteiger partial charge in [-0.1, -0.05) is 29.8 Å². The Morgan fingerprint density at radius 1 is 1.03 bits per heavy atom. The molecule has 0 saturated carbocycles. The number of carbonyl (C=O) groups is 3. The number of nitrogens with one attached hydrogen (secondary N) is 1. The van der Waals surface area contributed by atoms with Gasteiger partial charge in [0.2, 0.25) is 17.7 Å². The van der Waals surface area contributed by atoms with E-state index in [9.17, 15) is 14.4 Å². The van der Waals surface area contributed by atoms with Gasteiger partial charge in [0.05, 0.1) is 17.5 Å². The second kappa shape index (κ2) is 9.37. The molecule has 3 aliphatic heterocycles. The number of para-hydroxylation sites is 1. The summed E-state index contributed by atoms with van der Waals surface area (Å²) in [5.74, 6) is -0.0912. The van der Waals surface area contributed by atoms with E-state index in [1.807, 2.05) is 29.2 Å². The second-order valence-electron chi connectivity index (χ2n) is 8.52. The fourth-order valence-electron chi connectivity index (χ4n) is 4.57. The largest absolute Gasteiger partial charge is 0.340 e. The van der Waals surface area contributed by atoms with Gasteiger partial charge >= 0.3 is 0 Å². The summed E-state index contributed by atoms with van der Waals surface area (Å²) in [7, 11) is 0. The van der Waals surface area contributed by atoms with Gasteiger partial charge in [-0.25, -0.2) is 0 Å².